The van der Waals surface area contributed by atoms with Crippen LogP contribution in [0.25, 0.3) is 0 Å². The molecule has 1 atom stereocenters. The standard InChI is InChI=1S/C10H12BrClN2O2S.ClH/c11-9-2-1-8(5-10(9)12)17(15,16)14-7-3-4-13-6-7;/h1-2,5,7,13-14H,3-4,6H2;1H. The van der Waals surface area contributed by atoms with Crippen LogP contribution in [0.3, 0.4) is 0 Å². The maximum absolute atomic E-state index is 12.0. The zero-order valence-corrected chi connectivity index (χ0v) is 13.3. The van der Waals surface area contributed by atoms with E-state index in [-0.39, 0.29) is 23.3 Å². The molecule has 0 aliphatic carbocycles. The summed E-state index contributed by atoms with van der Waals surface area (Å²) >= 11 is 9.11. The van der Waals surface area contributed by atoms with Gasteiger partial charge in [-0.1, -0.05) is 11.6 Å². The van der Waals surface area contributed by atoms with Gasteiger partial charge in [0.25, 0.3) is 0 Å². The van der Waals surface area contributed by atoms with Gasteiger partial charge < -0.3 is 5.32 Å². The minimum Gasteiger partial charge on any atom is -0.315 e. The van der Waals surface area contributed by atoms with E-state index in [1.165, 1.54) is 12.1 Å². The molecule has 18 heavy (non-hydrogen) atoms. The van der Waals surface area contributed by atoms with Crippen LogP contribution in [-0.2, 0) is 10.0 Å². The topological polar surface area (TPSA) is 58.2 Å². The Hall–Kier alpha value is 0.150. The lowest BCUT2D eigenvalue weighted by atomic mass is 10.3. The molecule has 1 saturated heterocycles. The lowest BCUT2D eigenvalue weighted by molar-refractivity contribution is 0.560. The predicted molar refractivity (Wildman–Crippen MR) is 78.0 cm³/mol. The molecule has 2 rings (SSSR count). The number of halogens is 3. The molecule has 1 heterocycles. The van der Waals surface area contributed by atoms with Gasteiger partial charge in [0.15, 0.2) is 0 Å². The van der Waals surface area contributed by atoms with Gasteiger partial charge in [0.1, 0.15) is 0 Å². The lowest BCUT2D eigenvalue weighted by Gasteiger charge is -2.12. The van der Waals surface area contributed by atoms with E-state index < -0.39 is 10.0 Å². The third kappa shape index (κ3) is 3.82. The summed E-state index contributed by atoms with van der Waals surface area (Å²) in [6.07, 6.45) is 0.809. The van der Waals surface area contributed by atoms with Crippen LogP contribution in [0.15, 0.2) is 27.6 Å². The first kappa shape index (κ1) is 16.2. The average molecular weight is 376 g/mol. The van der Waals surface area contributed by atoms with Crippen LogP contribution < -0.4 is 10.0 Å². The third-order valence-corrected chi connectivity index (χ3v) is 5.33. The minimum atomic E-state index is -3.48. The van der Waals surface area contributed by atoms with Crippen molar-refractivity contribution >= 4 is 50.0 Å². The van der Waals surface area contributed by atoms with E-state index in [0.717, 1.165) is 13.0 Å². The van der Waals surface area contributed by atoms with Crippen molar-refractivity contribution < 1.29 is 8.42 Å². The van der Waals surface area contributed by atoms with Crippen LogP contribution in [0.4, 0.5) is 0 Å². The first-order chi connectivity index (χ1) is 7.99. The van der Waals surface area contributed by atoms with Crippen molar-refractivity contribution in [3.05, 3.63) is 27.7 Å². The Morgan fingerprint density at radius 1 is 1.44 bits per heavy atom. The van der Waals surface area contributed by atoms with Crippen molar-refractivity contribution in [2.75, 3.05) is 13.1 Å². The summed E-state index contributed by atoms with van der Waals surface area (Å²) in [7, 11) is -3.48. The summed E-state index contributed by atoms with van der Waals surface area (Å²) in [5.41, 5.74) is 0. The van der Waals surface area contributed by atoms with E-state index in [1.807, 2.05) is 0 Å². The van der Waals surface area contributed by atoms with E-state index in [4.69, 9.17) is 11.6 Å². The summed E-state index contributed by atoms with van der Waals surface area (Å²) in [5.74, 6) is 0. The molecule has 0 bridgehead atoms. The fraction of sp³-hybridized carbons (Fsp3) is 0.400. The molecule has 1 aromatic rings. The Balaban J connectivity index is 0.00000162. The van der Waals surface area contributed by atoms with Gasteiger partial charge in [-0.05, 0) is 47.1 Å². The number of benzene rings is 1. The van der Waals surface area contributed by atoms with Gasteiger partial charge in [-0.3, -0.25) is 0 Å². The van der Waals surface area contributed by atoms with Crippen molar-refractivity contribution in [1.29, 1.82) is 0 Å². The van der Waals surface area contributed by atoms with Gasteiger partial charge in [0, 0.05) is 17.1 Å². The highest BCUT2D eigenvalue weighted by atomic mass is 79.9. The summed E-state index contributed by atoms with van der Waals surface area (Å²) < 4.78 is 27.4. The second-order valence-electron chi connectivity index (χ2n) is 3.89. The summed E-state index contributed by atoms with van der Waals surface area (Å²) in [4.78, 5) is 0.192. The second kappa shape index (κ2) is 6.54. The molecule has 1 aliphatic heterocycles. The molecule has 0 amide bonds. The number of nitrogens with one attached hydrogen (secondary N) is 2. The summed E-state index contributed by atoms with van der Waals surface area (Å²) in [6, 6.07) is 4.56. The Morgan fingerprint density at radius 2 is 2.17 bits per heavy atom. The molecular formula is C10H13BrCl2N2O2S. The smallest absolute Gasteiger partial charge is 0.240 e. The van der Waals surface area contributed by atoms with E-state index in [9.17, 15) is 8.42 Å². The van der Waals surface area contributed by atoms with Crippen LogP contribution in [0.1, 0.15) is 6.42 Å². The molecule has 8 heteroatoms. The largest absolute Gasteiger partial charge is 0.315 e. The third-order valence-electron chi connectivity index (χ3n) is 2.58. The first-order valence-corrected chi connectivity index (χ1v) is 7.82. The lowest BCUT2D eigenvalue weighted by Crippen LogP contribution is -2.36. The van der Waals surface area contributed by atoms with Gasteiger partial charge in [-0.15, -0.1) is 12.4 Å². The molecule has 0 radical (unpaired) electrons. The van der Waals surface area contributed by atoms with Crippen LogP contribution in [-0.4, -0.2) is 27.5 Å². The Kier molecular flexibility index (Phi) is 5.89. The predicted octanol–water partition coefficient (Wildman–Crippen LogP) is 2.16. The Bertz CT molecular complexity index is 519. The zero-order chi connectivity index (χ0) is 12.5. The molecular weight excluding hydrogens is 363 g/mol. The molecule has 0 saturated carbocycles. The van der Waals surface area contributed by atoms with Gasteiger partial charge in [0.2, 0.25) is 10.0 Å². The highest BCUT2D eigenvalue weighted by Gasteiger charge is 2.22. The molecule has 0 aromatic heterocycles. The number of rotatable bonds is 3. The first-order valence-electron chi connectivity index (χ1n) is 5.17. The highest BCUT2D eigenvalue weighted by molar-refractivity contribution is 9.10. The van der Waals surface area contributed by atoms with Gasteiger partial charge in [0.05, 0.1) is 9.92 Å². The maximum atomic E-state index is 12.0. The maximum Gasteiger partial charge on any atom is 0.240 e. The molecule has 1 aliphatic rings. The van der Waals surface area contributed by atoms with Crippen molar-refractivity contribution in [1.82, 2.24) is 10.0 Å². The van der Waals surface area contributed by atoms with Crippen molar-refractivity contribution in [3.8, 4) is 0 Å². The summed E-state index contributed by atoms with van der Waals surface area (Å²) in [5, 5.41) is 3.49. The number of hydrogen-bond acceptors (Lipinski definition) is 3. The second-order valence-corrected chi connectivity index (χ2v) is 6.86. The quantitative estimate of drug-likeness (QED) is 0.851. The Morgan fingerprint density at radius 3 is 2.72 bits per heavy atom. The van der Waals surface area contributed by atoms with Crippen LogP contribution in [0.5, 0.6) is 0 Å². The van der Waals surface area contributed by atoms with Crippen molar-refractivity contribution in [3.63, 3.8) is 0 Å². The van der Waals surface area contributed by atoms with Crippen LogP contribution in [0.2, 0.25) is 5.02 Å². The Labute approximate surface area is 126 Å². The molecule has 1 unspecified atom stereocenters. The molecule has 1 fully saturated rings. The fourth-order valence-electron chi connectivity index (χ4n) is 1.69. The van der Waals surface area contributed by atoms with Crippen LogP contribution >= 0.6 is 39.9 Å². The molecule has 0 spiro atoms. The number of sulfonamides is 1. The van der Waals surface area contributed by atoms with Gasteiger partial charge in [-0.25, -0.2) is 13.1 Å². The normalized spacial score (nSPS) is 19.6. The van der Waals surface area contributed by atoms with Crippen molar-refractivity contribution in [2.24, 2.45) is 0 Å². The fourth-order valence-corrected chi connectivity index (χ4v) is 3.47. The monoisotopic (exact) mass is 374 g/mol. The molecule has 4 nitrogen and oxygen atoms in total. The zero-order valence-electron chi connectivity index (χ0n) is 9.32. The SMILES string of the molecule is Cl.O=S(=O)(NC1CCNC1)c1ccc(Br)c(Cl)c1. The minimum absolute atomic E-state index is 0. The molecule has 2 N–H and O–H groups in total. The van der Waals surface area contributed by atoms with E-state index >= 15 is 0 Å². The van der Waals surface area contributed by atoms with E-state index in [1.54, 1.807) is 6.07 Å². The summed E-state index contributed by atoms with van der Waals surface area (Å²) in [6.45, 7) is 1.51. The van der Waals surface area contributed by atoms with E-state index in [2.05, 4.69) is 26.0 Å². The molecule has 1 aromatic carbocycles. The van der Waals surface area contributed by atoms with Crippen LogP contribution in [0, 0.1) is 0 Å². The highest BCUT2D eigenvalue weighted by Crippen LogP contribution is 2.25. The average Bonchev–Trinajstić information content (AvgIpc) is 2.73. The van der Waals surface area contributed by atoms with Gasteiger partial charge in [-0.2, -0.15) is 0 Å². The van der Waals surface area contributed by atoms with E-state index in [0.29, 0.717) is 16.0 Å². The number of hydrogen-bond donors (Lipinski definition) is 2. The molecule has 102 valence electrons. The van der Waals surface area contributed by atoms with Crippen molar-refractivity contribution in [2.45, 2.75) is 17.4 Å². The van der Waals surface area contributed by atoms with Gasteiger partial charge >= 0.3 is 0 Å².